The van der Waals surface area contributed by atoms with Gasteiger partial charge in [-0.1, -0.05) is 36.4 Å². The molecule has 3 N–H and O–H groups in total. The van der Waals surface area contributed by atoms with Crippen LogP contribution in [0.5, 0.6) is 5.75 Å². The number of rotatable bonds is 3. The molecule has 1 aliphatic rings. The van der Waals surface area contributed by atoms with E-state index in [9.17, 15) is 5.11 Å². The zero-order valence-electron chi connectivity index (χ0n) is 12.0. The number of aromatic hydroxyl groups is 1. The summed E-state index contributed by atoms with van der Waals surface area (Å²) in [7, 11) is 0. The van der Waals surface area contributed by atoms with Gasteiger partial charge >= 0.3 is 0 Å². The summed E-state index contributed by atoms with van der Waals surface area (Å²) < 4.78 is 0. The van der Waals surface area contributed by atoms with E-state index < -0.39 is 0 Å². The first-order valence-electron chi connectivity index (χ1n) is 7.19. The van der Waals surface area contributed by atoms with E-state index in [1.165, 1.54) is 11.1 Å². The van der Waals surface area contributed by atoms with Crippen molar-refractivity contribution >= 4 is 23.5 Å². The molecule has 0 aliphatic heterocycles. The lowest BCUT2D eigenvalue weighted by atomic mass is 10.1. The maximum absolute atomic E-state index is 9.65. The zero-order chi connectivity index (χ0) is 15.4. The molecule has 2 aromatic rings. The van der Waals surface area contributed by atoms with E-state index in [1.807, 2.05) is 12.1 Å². The van der Waals surface area contributed by atoms with Crippen molar-refractivity contribution in [2.24, 2.45) is 5.10 Å². The summed E-state index contributed by atoms with van der Waals surface area (Å²) in [5.74, 6) is 0.191. The summed E-state index contributed by atoms with van der Waals surface area (Å²) in [5.41, 5.74) is 6.11. The number of thiocarbonyl (C=S) groups is 1. The molecule has 0 saturated carbocycles. The van der Waals surface area contributed by atoms with Crippen LogP contribution in [0.3, 0.4) is 0 Å². The molecular formula is C17H17N3OS. The Morgan fingerprint density at radius 2 is 1.95 bits per heavy atom. The SMILES string of the molecule is Oc1ccccc1/C=N\NC(=S)NC1CCc2ccccc21. The molecule has 1 aliphatic carbocycles. The second-order valence-corrected chi connectivity index (χ2v) is 5.60. The van der Waals surface area contributed by atoms with Crippen molar-refractivity contribution in [2.45, 2.75) is 18.9 Å². The number of aryl methyl sites for hydroxylation is 1. The Balaban J connectivity index is 1.57. The Bertz CT molecular complexity index is 715. The highest BCUT2D eigenvalue weighted by atomic mass is 32.1. The van der Waals surface area contributed by atoms with E-state index in [-0.39, 0.29) is 11.8 Å². The molecule has 0 saturated heterocycles. The average Bonchev–Trinajstić information content (AvgIpc) is 2.92. The third-order valence-corrected chi connectivity index (χ3v) is 3.95. The first-order chi connectivity index (χ1) is 10.7. The maximum Gasteiger partial charge on any atom is 0.187 e. The van der Waals surface area contributed by atoms with E-state index in [1.54, 1.807) is 24.4 Å². The largest absolute Gasteiger partial charge is 0.507 e. The number of hydrogen-bond donors (Lipinski definition) is 3. The number of nitrogens with one attached hydrogen (secondary N) is 2. The smallest absolute Gasteiger partial charge is 0.187 e. The van der Waals surface area contributed by atoms with Gasteiger partial charge in [0, 0.05) is 5.56 Å². The Kier molecular flexibility index (Phi) is 4.34. The van der Waals surface area contributed by atoms with E-state index in [0.717, 1.165) is 12.8 Å². The van der Waals surface area contributed by atoms with Gasteiger partial charge in [0.25, 0.3) is 0 Å². The average molecular weight is 311 g/mol. The van der Waals surface area contributed by atoms with Gasteiger partial charge in [0.1, 0.15) is 5.75 Å². The normalized spacial score (nSPS) is 16.5. The van der Waals surface area contributed by atoms with Crippen molar-refractivity contribution in [1.29, 1.82) is 0 Å². The minimum Gasteiger partial charge on any atom is -0.507 e. The Morgan fingerprint density at radius 1 is 1.18 bits per heavy atom. The number of benzene rings is 2. The van der Waals surface area contributed by atoms with Crippen LogP contribution in [0.25, 0.3) is 0 Å². The second kappa shape index (κ2) is 6.58. The Hall–Kier alpha value is -2.40. The predicted octanol–water partition coefficient (Wildman–Crippen LogP) is 2.88. The summed E-state index contributed by atoms with van der Waals surface area (Å²) >= 11 is 5.27. The second-order valence-electron chi connectivity index (χ2n) is 5.19. The minimum absolute atomic E-state index is 0.191. The first-order valence-corrected chi connectivity index (χ1v) is 7.60. The molecule has 0 fully saturated rings. The third kappa shape index (κ3) is 3.26. The first kappa shape index (κ1) is 14.5. The highest BCUT2D eigenvalue weighted by molar-refractivity contribution is 7.80. The lowest BCUT2D eigenvalue weighted by molar-refractivity contribution is 0.474. The number of para-hydroxylation sites is 1. The summed E-state index contributed by atoms with van der Waals surface area (Å²) in [6, 6.07) is 15.6. The quantitative estimate of drug-likeness (QED) is 0.463. The number of hydrogen-bond acceptors (Lipinski definition) is 3. The molecule has 1 atom stereocenters. The molecule has 0 aromatic heterocycles. The zero-order valence-corrected chi connectivity index (χ0v) is 12.8. The number of phenolic OH excluding ortho intramolecular Hbond substituents is 1. The van der Waals surface area contributed by atoms with E-state index in [2.05, 4.69) is 34.0 Å². The lowest BCUT2D eigenvalue weighted by Gasteiger charge is -2.15. The van der Waals surface area contributed by atoms with Crippen molar-refractivity contribution in [3.8, 4) is 5.75 Å². The van der Waals surface area contributed by atoms with E-state index in [4.69, 9.17) is 12.2 Å². The molecule has 0 spiro atoms. The fourth-order valence-electron chi connectivity index (χ4n) is 2.65. The van der Waals surface area contributed by atoms with Crippen molar-refractivity contribution in [3.63, 3.8) is 0 Å². The standard InChI is InChI=1S/C17H17N3OS/c21-16-8-4-2-6-13(16)11-18-20-17(22)19-15-10-9-12-5-1-3-7-14(12)15/h1-8,11,15,21H,9-10H2,(H2,19,20,22)/b18-11-. The summed E-state index contributed by atoms with van der Waals surface area (Å²) in [4.78, 5) is 0. The van der Waals surface area contributed by atoms with Gasteiger partial charge < -0.3 is 10.4 Å². The van der Waals surface area contributed by atoms with Crippen LogP contribution < -0.4 is 10.7 Å². The highest BCUT2D eigenvalue weighted by Gasteiger charge is 2.21. The monoisotopic (exact) mass is 311 g/mol. The lowest BCUT2D eigenvalue weighted by Crippen LogP contribution is -2.34. The highest BCUT2D eigenvalue weighted by Crippen LogP contribution is 2.30. The van der Waals surface area contributed by atoms with Gasteiger partial charge in [-0.25, -0.2) is 0 Å². The number of fused-ring (bicyclic) bond motifs is 1. The number of hydrazone groups is 1. The maximum atomic E-state index is 9.65. The summed E-state index contributed by atoms with van der Waals surface area (Å²) in [6.45, 7) is 0. The van der Waals surface area contributed by atoms with Gasteiger partial charge in [0.2, 0.25) is 0 Å². The molecule has 0 heterocycles. The molecule has 5 heteroatoms. The van der Waals surface area contributed by atoms with E-state index >= 15 is 0 Å². The molecule has 0 amide bonds. The van der Waals surface area contributed by atoms with Gasteiger partial charge in [-0.2, -0.15) is 5.10 Å². The van der Waals surface area contributed by atoms with Crippen LogP contribution in [-0.4, -0.2) is 16.4 Å². The molecule has 22 heavy (non-hydrogen) atoms. The van der Waals surface area contributed by atoms with Crippen LogP contribution in [-0.2, 0) is 6.42 Å². The van der Waals surface area contributed by atoms with Crippen LogP contribution in [0.15, 0.2) is 53.6 Å². The number of phenols is 1. The van der Waals surface area contributed by atoms with Gasteiger partial charge in [0.05, 0.1) is 12.3 Å². The Morgan fingerprint density at radius 3 is 2.82 bits per heavy atom. The molecule has 0 bridgehead atoms. The minimum atomic E-state index is 0.191. The topological polar surface area (TPSA) is 56.7 Å². The van der Waals surface area contributed by atoms with Gasteiger partial charge in [-0.05, 0) is 48.3 Å². The molecular weight excluding hydrogens is 294 g/mol. The molecule has 1 unspecified atom stereocenters. The summed E-state index contributed by atoms with van der Waals surface area (Å²) in [6.07, 6.45) is 3.65. The van der Waals surface area contributed by atoms with Gasteiger partial charge in [-0.15, -0.1) is 0 Å². The van der Waals surface area contributed by atoms with E-state index in [0.29, 0.717) is 10.7 Å². The molecule has 0 radical (unpaired) electrons. The number of nitrogens with zero attached hydrogens (tertiary/aromatic N) is 1. The fraction of sp³-hybridized carbons (Fsp3) is 0.176. The van der Waals surface area contributed by atoms with Crippen LogP contribution in [0.2, 0.25) is 0 Å². The van der Waals surface area contributed by atoms with Crippen LogP contribution in [0.1, 0.15) is 29.2 Å². The molecule has 2 aromatic carbocycles. The van der Waals surface area contributed by atoms with Gasteiger partial charge in [-0.3, -0.25) is 5.43 Å². The van der Waals surface area contributed by atoms with Gasteiger partial charge in [0.15, 0.2) is 5.11 Å². The van der Waals surface area contributed by atoms with Crippen LogP contribution >= 0.6 is 12.2 Å². The summed E-state index contributed by atoms with van der Waals surface area (Å²) in [5, 5.41) is 17.5. The third-order valence-electron chi connectivity index (χ3n) is 3.74. The van der Waals surface area contributed by atoms with Crippen molar-refractivity contribution < 1.29 is 5.11 Å². The van der Waals surface area contributed by atoms with Crippen LogP contribution in [0, 0.1) is 0 Å². The van der Waals surface area contributed by atoms with Crippen molar-refractivity contribution in [2.75, 3.05) is 0 Å². The van der Waals surface area contributed by atoms with Crippen molar-refractivity contribution in [1.82, 2.24) is 10.7 Å². The molecule has 3 rings (SSSR count). The molecule has 112 valence electrons. The predicted molar refractivity (Wildman–Crippen MR) is 92.1 cm³/mol. The molecule has 4 nitrogen and oxygen atoms in total. The van der Waals surface area contributed by atoms with Crippen molar-refractivity contribution in [3.05, 3.63) is 65.2 Å². The Labute approximate surface area is 134 Å². The van der Waals surface area contributed by atoms with Crippen LogP contribution in [0.4, 0.5) is 0 Å². The fourth-order valence-corrected chi connectivity index (χ4v) is 2.85.